The van der Waals surface area contributed by atoms with Crippen molar-refractivity contribution in [3.63, 3.8) is 0 Å². The molecule has 0 amide bonds. The zero-order valence-electron chi connectivity index (χ0n) is 13.8. The summed E-state index contributed by atoms with van der Waals surface area (Å²) in [6, 6.07) is 16.1. The topological polar surface area (TPSA) is 92.2 Å². The molecule has 7 heteroatoms. The lowest BCUT2D eigenvalue weighted by Gasteiger charge is -2.09. The predicted molar refractivity (Wildman–Crippen MR) is 101 cm³/mol. The first-order chi connectivity index (χ1) is 12.6. The lowest BCUT2D eigenvalue weighted by molar-refractivity contribution is 0.282. The van der Waals surface area contributed by atoms with Crippen LogP contribution in [0.15, 0.2) is 72.4 Å². The molecule has 0 spiro atoms. The number of aromatic nitrogens is 2. The highest BCUT2D eigenvalue weighted by atomic mass is 32.2. The van der Waals surface area contributed by atoms with E-state index in [-0.39, 0.29) is 12.4 Å². The van der Waals surface area contributed by atoms with Gasteiger partial charge in [0.15, 0.2) is 5.82 Å². The van der Waals surface area contributed by atoms with Gasteiger partial charge in [-0.1, -0.05) is 54.6 Å². The minimum atomic E-state index is -3.75. The number of nitrogens with one attached hydrogen (secondary N) is 1. The Labute approximate surface area is 151 Å². The molecule has 0 radical (unpaired) electrons. The Hall–Kier alpha value is -3.03. The second kappa shape index (κ2) is 7.90. The maximum absolute atomic E-state index is 12.4. The highest BCUT2D eigenvalue weighted by Gasteiger charge is 2.13. The van der Waals surface area contributed by atoms with Gasteiger partial charge in [0.25, 0.3) is 10.0 Å². The number of aliphatic hydroxyl groups is 1. The molecule has 1 aromatic heterocycles. The summed E-state index contributed by atoms with van der Waals surface area (Å²) in [5.41, 5.74) is 2.64. The summed E-state index contributed by atoms with van der Waals surface area (Å²) in [5, 5.41) is 10.2. The van der Waals surface area contributed by atoms with E-state index >= 15 is 0 Å². The van der Waals surface area contributed by atoms with Gasteiger partial charge in [0.05, 0.1) is 12.0 Å². The van der Waals surface area contributed by atoms with Gasteiger partial charge in [0.2, 0.25) is 0 Å². The monoisotopic (exact) mass is 367 g/mol. The van der Waals surface area contributed by atoms with Crippen LogP contribution in [0, 0.1) is 0 Å². The van der Waals surface area contributed by atoms with Crippen molar-refractivity contribution in [3.8, 4) is 11.3 Å². The van der Waals surface area contributed by atoms with E-state index in [1.165, 1.54) is 18.5 Å². The van der Waals surface area contributed by atoms with Crippen LogP contribution in [-0.2, 0) is 16.6 Å². The lowest BCUT2D eigenvalue weighted by Crippen LogP contribution is -2.11. The van der Waals surface area contributed by atoms with Gasteiger partial charge in [0, 0.05) is 18.0 Å². The molecule has 0 saturated carbocycles. The van der Waals surface area contributed by atoms with Gasteiger partial charge in [-0.25, -0.2) is 13.4 Å². The smallest absolute Gasteiger partial charge is 0.256 e. The van der Waals surface area contributed by atoms with E-state index in [9.17, 15) is 8.42 Å². The van der Waals surface area contributed by atoms with Crippen LogP contribution in [0.4, 0.5) is 5.82 Å². The maximum atomic E-state index is 12.4. The highest BCUT2D eigenvalue weighted by molar-refractivity contribution is 7.95. The molecule has 132 valence electrons. The van der Waals surface area contributed by atoms with E-state index in [4.69, 9.17) is 5.11 Å². The largest absolute Gasteiger partial charge is 0.392 e. The highest BCUT2D eigenvalue weighted by Crippen LogP contribution is 2.25. The Bertz CT molecular complexity index is 1000. The Morgan fingerprint density at radius 1 is 0.962 bits per heavy atom. The van der Waals surface area contributed by atoms with Gasteiger partial charge in [-0.3, -0.25) is 9.71 Å². The number of nitrogens with zero attached hydrogens (tertiary/aromatic N) is 2. The molecular formula is C19H17N3O3S. The summed E-state index contributed by atoms with van der Waals surface area (Å²) in [7, 11) is -3.75. The summed E-state index contributed by atoms with van der Waals surface area (Å²) >= 11 is 0. The van der Waals surface area contributed by atoms with Gasteiger partial charge in [-0.05, 0) is 17.2 Å². The Kier molecular flexibility index (Phi) is 5.40. The molecule has 0 aliphatic carbocycles. The first-order valence-corrected chi connectivity index (χ1v) is 9.39. The number of benzene rings is 2. The van der Waals surface area contributed by atoms with Crippen LogP contribution >= 0.6 is 0 Å². The molecule has 0 atom stereocenters. The molecule has 2 N–H and O–H groups in total. The standard InChI is InChI=1S/C19H17N3O3S/c23-14-16-6-8-17(9-7-16)18-19(21-12-11-20-18)22-26(24,25)13-10-15-4-2-1-3-5-15/h1-13,23H,14H2,(H,21,22)/b13-10+. The third kappa shape index (κ3) is 4.53. The van der Waals surface area contributed by atoms with Gasteiger partial charge >= 0.3 is 0 Å². The van der Waals surface area contributed by atoms with E-state index in [1.54, 1.807) is 24.3 Å². The van der Waals surface area contributed by atoms with Crippen LogP contribution in [0.5, 0.6) is 0 Å². The van der Waals surface area contributed by atoms with E-state index in [0.29, 0.717) is 11.3 Å². The quantitative estimate of drug-likeness (QED) is 0.699. The Balaban J connectivity index is 1.86. The van der Waals surface area contributed by atoms with E-state index in [1.807, 2.05) is 30.3 Å². The van der Waals surface area contributed by atoms with Gasteiger partial charge in [-0.15, -0.1) is 0 Å². The minimum Gasteiger partial charge on any atom is -0.392 e. The van der Waals surface area contributed by atoms with Crippen LogP contribution in [0.3, 0.4) is 0 Å². The van der Waals surface area contributed by atoms with Crippen molar-refractivity contribution in [2.24, 2.45) is 0 Å². The number of sulfonamides is 1. The zero-order chi connectivity index (χ0) is 18.4. The average molecular weight is 367 g/mol. The van der Waals surface area contributed by atoms with Crippen LogP contribution in [0.25, 0.3) is 17.3 Å². The van der Waals surface area contributed by atoms with E-state index in [2.05, 4.69) is 14.7 Å². The van der Waals surface area contributed by atoms with Crippen molar-refractivity contribution in [3.05, 3.63) is 83.5 Å². The summed E-state index contributed by atoms with van der Waals surface area (Å²) < 4.78 is 27.2. The van der Waals surface area contributed by atoms with Gasteiger partial charge in [-0.2, -0.15) is 0 Å². The molecule has 3 rings (SSSR count). The number of hydrogen-bond acceptors (Lipinski definition) is 5. The van der Waals surface area contributed by atoms with Crippen molar-refractivity contribution in [1.82, 2.24) is 9.97 Å². The molecule has 0 fully saturated rings. The average Bonchev–Trinajstić information content (AvgIpc) is 2.68. The second-order valence-electron chi connectivity index (χ2n) is 5.47. The maximum Gasteiger partial charge on any atom is 0.256 e. The molecule has 1 heterocycles. The molecule has 6 nitrogen and oxygen atoms in total. The molecular weight excluding hydrogens is 350 g/mol. The SMILES string of the molecule is O=S(=O)(/C=C/c1ccccc1)Nc1nccnc1-c1ccc(CO)cc1. The predicted octanol–water partition coefficient (Wildman–Crippen LogP) is 3.05. The number of anilines is 1. The van der Waals surface area contributed by atoms with Crippen LogP contribution in [0.2, 0.25) is 0 Å². The molecule has 3 aromatic rings. The summed E-state index contributed by atoms with van der Waals surface area (Å²) in [6.45, 7) is -0.0650. The fraction of sp³-hybridized carbons (Fsp3) is 0.0526. The molecule has 0 saturated heterocycles. The second-order valence-corrected chi connectivity index (χ2v) is 7.04. The fourth-order valence-corrected chi connectivity index (χ4v) is 3.12. The lowest BCUT2D eigenvalue weighted by atomic mass is 10.1. The van der Waals surface area contributed by atoms with Crippen molar-refractivity contribution in [1.29, 1.82) is 0 Å². The molecule has 2 aromatic carbocycles. The van der Waals surface area contributed by atoms with Crippen LogP contribution < -0.4 is 4.72 Å². The van der Waals surface area contributed by atoms with Gasteiger partial charge < -0.3 is 5.11 Å². The number of aliphatic hydroxyl groups excluding tert-OH is 1. The van der Waals surface area contributed by atoms with Crippen molar-refractivity contribution < 1.29 is 13.5 Å². The summed E-state index contributed by atoms with van der Waals surface area (Å²) in [5.74, 6) is 0.141. The number of hydrogen-bond donors (Lipinski definition) is 2. The van der Waals surface area contributed by atoms with E-state index in [0.717, 1.165) is 16.5 Å². The zero-order valence-corrected chi connectivity index (χ0v) is 14.6. The van der Waals surface area contributed by atoms with Crippen molar-refractivity contribution in [2.75, 3.05) is 4.72 Å². The molecule has 0 aliphatic rings. The summed E-state index contributed by atoms with van der Waals surface area (Å²) in [6.07, 6.45) is 4.42. The Morgan fingerprint density at radius 2 is 1.65 bits per heavy atom. The number of rotatable bonds is 6. The molecule has 0 unspecified atom stereocenters. The summed E-state index contributed by atoms with van der Waals surface area (Å²) in [4.78, 5) is 8.33. The Morgan fingerprint density at radius 3 is 2.35 bits per heavy atom. The molecule has 0 aliphatic heterocycles. The third-order valence-corrected chi connectivity index (χ3v) is 4.56. The van der Waals surface area contributed by atoms with Crippen molar-refractivity contribution in [2.45, 2.75) is 6.61 Å². The minimum absolute atomic E-state index is 0.0650. The first kappa shape index (κ1) is 17.8. The first-order valence-electron chi connectivity index (χ1n) is 7.84. The normalized spacial score (nSPS) is 11.6. The third-order valence-electron chi connectivity index (χ3n) is 3.59. The van der Waals surface area contributed by atoms with Crippen LogP contribution in [-0.4, -0.2) is 23.5 Å². The van der Waals surface area contributed by atoms with Gasteiger partial charge in [0.1, 0.15) is 5.69 Å². The van der Waals surface area contributed by atoms with Crippen molar-refractivity contribution >= 4 is 21.9 Å². The molecule has 0 bridgehead atoms. The van der Waals surface area contributed by atoms with E-state index < -0.39 is 10.0 Å². The fourth-order valence-electron chi connectivity index (χ4n) is 2.29. The molecule has 26 heavy (non-hydrogen) atoms. The van der Waals surface area contributed by atoms with Crippen LogP contribution in [0.1, 0.15) is 11.1 Å².